The minimum atomic E-state index is -0.0582. The molecule has 5 heteroatoms. The van der Waals surface area contributed by atoms with Gasteiger partial charge >= 0.3 is 0 Å². The quantitative estimate of drug-likeness (QED) is 0.758. The Labute approximate surface area is 139 Å². The lowest BCUT2D eigenvalue weighted by atomic mass is 10.1. The molecule has 2 aromatic carbocycles. The Hall–Kier alpha value is -2.33. The van der Waals surface area contributed by atoms with Gasteiger partial charge in [-0.15, -0.1) is 0 Å². The molecule has 3 aromatic rings. The molecule has 2 aliphatic rings. The summed E-state index contributed by atoms with van der Waals surface area (Å²) in [5, 5.41) is 9.12. The van der Waals surface area contributed by atoms with Crippen LogP contribution in [-0.4, -0.2) is 14.8 Å². The van der Waals surface area contributed by atoms with Crippen molar-refractivity contribution >= 4 is 17.3 Å². The molecule has 1 aliphatic carbocycles. The van der Waals surface area contributed by atoms with E-state index in [2.05, 4.69) is 17.4 Å². The van der Waals surface area contributed by atoms with Crippen LogP contribution in [0.25, 0.3) is 11.4 Å². The number of hydrogen-bond acceptors (Lipinski definition) is 3. The monoisotopic (exact) mass is 322 g/mol. The van der Waals surface area contributed by atoms with Crippen LogP contribution in [0, 0.1) is 0 Å². The highest BCUT2D eigenvalue weighted by Gasteiger charge is 2.33. The van der Waals surface area contributed by atoms with E-state index in [1.807, 2.05) is 41.1 Å². The average molecular weight is 323 g/mol. The number of fused-ring (bicyclic) bond motifs is 3. The molecule has 2 heterocycles. The minimum Gasteiger partial charge on any atom is -0.359 e. The molecule has 0 spiro atoms. The van der Waals surface area contributed by atoms with Crippen molar-refractivity contribution in [2.75, 3.05) is 5.32 Å². The number of nitrogens with zero attached hydrogens (tertiary/aromatic N) is 3. The lowest BCUT2D eigenvalue weighted by molar-refractivity contribution is 0.567. The predicted molar refractivity (Wildman–Crippen MR) is 90.6 cm³/mol. The fraction of sp³-hybridized carbons (Fsp3) is 0.222. The van der Waals surface area contributed by atoms with Gasteiger partial charge in [0.2, 0.25) is 0 Å². The van der Waals surface area contributed by atoms with Crippen LogP contribution >= 0.6 is 11.6 Å². The van der Waals surface area contributed by atoms with E-state index in [9.17, 15) is 0 Å². The summed E-state index contributed by atoms with van der Waals surface area (Å²) in [6, 6.07) is 16.2. The third-order valence-electron chi connectivity index (χ3n) is 4.48. The molecule has 0 unspecified atom stereocenters. The summed E-state index contributed by atoms with van der Waals surface area (Å²) in [5.74, 6) is 2.45. The van der Waals surface area contributed by atoms with Gasteiger partial charge in [-0.2, -0.15) is 5.10 Å². The summed E-state index contributed by atoms with van der Waals surface area (Å²) >= 11 is 6.03. The van der Waals surface area contributed by atoms with E-state index in [1.54, 1.807) is 0 Å². The Morgan fingerprint density at radius 3 is 2.61 bits per heavy atom. The molecule has 1 N–H and O–H groups in total. The summed E-state index contributed by atoms with van der Waals surface area (Å²) < 4.78 is 2.01. The molecule has 1 atom stereocenters. The molecular formula is C18H15ClN4. The topological polar surface area (TPSA) is 42.7 Å². The van der Waals surface area contributed by atoms with Crippen LogP contribution in [0.5, 0.6) is 0 Å². The van der Waals surface area contributed by atoms with Crippen LogP contribution in [0.2, 0.25) is 5.02 Å². The second-order valence-corrected chi connectivity index (χ2v) is 6.59. The second-order valence-electron chi connectivity index (χ2n) is 6.16. The lowest BCUT2D eigenvalue weighted by Gasteiger charge is -2.28. The largest absolute Gasteiger partial charge is 0.359 e. The zero-order chi connectivity index (χ0) is 15.4. The van der Waals surface area contributed by atoms with Gasteiger partial charge in [0.05, 0.1) is 0 Å². The molecule has 0 saturated heterocycles. The zero-order valence-electron chi connectivity index (χ0n) is 12.4. The van der Waals surface area contributed by atoms with Crippen molar-refractivity contribution in [2.24, 2.45) is 0 Å². The van der Waals surface area contributed by atoms with Crippen LogP contribution in [0.1, 0.15) is 36.3 Å². The van der Waals surface area contributed by atoms with Crippen LogP contribution < -0.4 is 5.32 Å². The minimum absolute atomic E-state index is 0.0582. The number of nitrogens with one attached hydrogen (secondary N) is 1. The van der Waals surface area contributed by atoms with Crippen molar-refractivity contribution in [3.8, 4) is 11.4 Å². The third kappa shape index (κ3) is 2.13. The first-order valence-electron chi connectivity index (χ1n) is 7.87. The lowest BCUT2D eigenvalue weighted by Crippen LogP contribution is -2.25. The molecule has 1 aromatic heterocycles. The number of anilines is 1. The molecule has 0 amide bonds. The SMILES string of the molecule is Clc1ccc([C@@H]2Nc3ccccc3-c3nc(C4CC4)nn32)cc1. The van der Waals surface area contributed by atoms with Gasteiger partial charge in [-0.1, -0.05) is 35.9 Å². The Bertz CT molecular complexity index is 880. The summed E-state index contributed by atoms with van der Waals surface area (Å²) in [5.41, 5.74) is 3.32. The van der Waals surface area contributed by atoms with Crippen molar-refractivity contribution in [1.29, 1.82) is 0 Å². The second kappa shape index (κ2) is 4.83. The van der Waals surface area contributed by atoms with Crippen LogP contribution in [0.15, 0.2) is 48.5 Å². The summed E-state index contributed by atoms with van der Waals surface area (Å²) in [4.78, 5) is 4.83. The van der Waals surface area contributed by atoms with Gasteiger partial charge in [0.1, 0.15) is 6.17 Å². The number of rotatable bonds is 2. The van der Waals surface area contributed by atoms with Gasteiger partial charge in [0, 0.05) is 22.2 Å². The normalized spacial score (nSPS) is 18.9. The third-order valence-corrected chi connectivity index (χ3v) is 4.73. The van der Waals surface area contributed by atoms with Crippen molar-refractivity contribution in [2.45, 2.75) is 24.9 Å². The number of para-hydroxylation sites is 1. The van der Waals surface area contributed by atoms with E-state index in [0.29, 0.717) is 5.92 Å². The average Bonchev–Trinajstić information content (AvgIpc) is 3.33. The maximum Gasteiger partial charge on any atom is 0.163 e. The van der Waals surface area contributed by atoms with Gasteiger partial charge < -0.3 is 5.32 Å². The Balaban J connectivity index is 1.68. The molecule has 1 saturated carbocycles. The Kier molecular flexibility index (Phi) is 2.76. The zero-order valence-corrected chi connectivity index (χ0v) is 13.2. The number of halogens is 1. The summed E-state index contributed by atoms with van der Waals surface area (Å²) in [6.45, 7) is 0. The first-order valence-corrected chi connectivity index (χ1v) is 8.25. The van der Waals surface area contributed by atoms with E-state index >= 15 is 0 Å². The van der Waals surface area contributed by atoms with Crippen molar-refractivity contribution < 1.29 is 0 Å². The fourth-order valence-electron chi connectivity index (χ4n) is 3.10. The Morgan fingerprint density at radius 2 is 1.83 bits per heavy atom. The molecule has 5 rings (SSSR count). The van der Waals surface area contributed by atoms with E-state index < -0.39 is 0 Å². The van der Waals surface area contributed by atoms with Gasteiger partial charge in [0.25, 0.3) is 0 Å². The fourth-order valence-corrected chi connectivity index (χ4v) is 3.23. The molecule has 4 nitrogen and oxygen atoms in total. The molecule has 23 heavy (non-hydrogen) atoms. The molecule has 0 bridgehead atoms. The van der Waals surface area contributed by atoms with Gasteiger partial charge in [-0.05, 0) is 42.7 Å². The first kappa shape index (κ1) is 13.1. The molecule has 0 radical (unpaired) electrons. The first-order chi connectivity index (χ1) is 11.3. The molecule has 114 valence electrons. The van der Waals surface area contributed by atoms with Gasteiger partial charge in [0.15, 0.2) is 11.6 Å². The predicted octanol–water partition coefficient (Wildman–Crippen LogP) is 4.45. The number of aromatic nitrogens is 3. The van der Waals surface area contributed by atoms with E-state index in [0.717, 1.165) is 33.5 Å². The highest BCUT2D eigenvalue weighted by molar-refractivity contribution is 6.30. The van der Waals surface area contributed by atoms with Crippen molar-refractivity contribution in [3.05, 3.63) is 64.9 Å². The van der Waals surface area contributed by atoms with Gasteiger partial charge in [-0.3, -0.25) is 0 Å². The maximum absolute atomic E-state index is 6.03. The molecule has 1 aliphatic heterocycles. The van der Waals surface area contributed by atoms with E-state index in [-0.39, 0.29) is 6.17 Å². The number of benzene rings is 2. The molecule has 1 fully saturated rings. The maximum atomic E-state index is 6.03. The Morgan fingerprint density at radius 1 is 1.04 bits per heavy atom. The smallest absolute Gasteiger partial charge is 0.163 e. The highest BCUT2D eigenvalue weighted by Crippen LogP contribution is 2.42. The summed E-state index contributed by atoms with van der Waals surface area (Å²) in [6.07, 6.45) is 2.34. The van der Waals surface area contributed by atoms with Crippen LogP contribution in [0.3, 0.4) is 0 Å². The van der Waals surface area contributed by atoms with Crippen LogP contribution in [0.4, 0.5) is 5.69 Å². The standard InChI is InChI=1S/C18H15ClN4/c19-13-9-7-12(8-10-13)17-20-15-4-2-1-3-14(15)18-21-16(11-5-6-11)22-23(17)18/h1-4,7-11,17,20H,5-6H2/t17-/m1/s1. The van der Waals surface area contributed by atoms with E-state index in [1.165, 1.54) is 12.8 Å². The van der Waals surface area contributed by atoms with Gasteiger partial charge in [-0.25, -0.2) is 9.67 Å². The van der Waals surface area contributed by atoms with E-state index in [4.69, 9.17) is 21.7 Å². The van der Waals surface area contributed by atoms with Crippen molar-refractivity contribution in [1.82, 2.24) is 14.8 Å². The number of hydrogen-bond donors (Lipinski definition) is 1. The van der Waals surface area contributed by atoms with Crippen LogP contribution in [-0.2, 0) is 0 Å². The summed E-state index contributed by atoms with van der Waals surface area (Å²) in [7, 11) is 0. The van der Waals surface area contributed by atoms with Crippen molar-refractivity contribution in [3.63, 3.8) is 0 Å². The molecular weight excluding hydrogens is 308 g/mol. The highest BCUT2D eigenvalue weighted by atomic mass is 35.5.